The minimum Gasteiger partial charge on any atom is -0.389 e. The molecule has 0 radical (unpaired) electrons. The van der Waals surface area contributed by atoms with E-state index in [2.05, 4.69) is 26.6 Å². The Morgan fingerprint density at radius 1 is 1.32 bits per heavy atom. The van der Waals surface area contributed by atoms with Gasteiger partial charge >= 0.3 is 0 Å². The first-order chi connectivity index (χ1) is 12.0. The van der Waals surface area contributed by atoms with E-state index in [4.69, 9.17) is 11.6 Å². The SMILES string of the molecule is Cc1ccc(NC(=O)/C(C#N)=C\NCCc2cccc(Br)c2)cc1Cl. The van der Waals surface area contributed by atoms with Crippen LogP contribution in [0.25, 0.3) is 0 Å². The zero-order chi connectivity index (χ0) is 18.2. The largest absolute Gasteiger partial charge is 0.389 e. The highest BCUT2D eigenvalue weighted by atomic mass is 79.9. The predicted octanol–water partition coefficient (Wildman–Crippen LogP) is 4.59. The molecular weight excluding hydrogens is 402 g/mol. The molecule has 0 aliphatic heterocycles. The van der Waals surface area contributed by atoms with E-state index in [1.54, 1.807) is 12.1 Å². The Morgan fingerprint density at radius 3 is 2.80 bits per heavy atom. The molecule has 1 amide bonds. The molecule has 0 bridgehead atoms. The maximum Gasteiger partial charge on any atom is 0.267 e. The molecule has 2 aromatic carbocycles. The number of nitrogens with one attached hydrogen (secondary N) is 2. The van der Waals surface area contributed by atoms with Gasteiger partial charge in [0.1, 0.15) is 11.6 Å². The smallest absolute Gasteiger partial charge is 0.267 e. The van der Waals surface area contributed by atoms with Crippen LogP contribution in [0.2, 0.25) is 5.02 Å². The quantitative estimate of drug-likeness (QED) is 0.410. The topological polar surface area (TPSA) is 64.9 Å². The van der Waals surface area contributed by atoms with Crippen LogP contribution in [0.5, 0.6) is 0 Å². The van der Waals surface area contributed by atoms with Gasteiger partial charge in [0.15, 0.2) is 0 Å². The molecule has 0 aliphatic carbocycles. The van der Waals surface area contributed by atoms with E-state index in [9.17, 15) is 10.1 Å². The first-order valence-electron chi connectivity index (χ1n) is 7.65. The van der Waals surface area contributed by atoms with Crippen molar-refractivity contribution in [2.45, 2.75) is 13.3 Å². The number of nitrogens with zero attached hydrogens (tertiary/aromatic N) is 1. The average molecular weight is 419 g/mol. The van der Waals surface area contributed by atoms with Crippen molar-refractivity contribution in [1.82, 2.24) is 5.32 Å². The first kappa shape index (κ1) is 19.0. The fourth-order valence-corrected chi connectivity index (χ4v) is 2.73. The van der Waals surface area contributed by atoms with Crippen molar-refractivity contribution in [3.8, 4) is 6.07 Å². The second-order valence-corrected chi connectivity index (χ2v) is 6.74. The second kappa shape index (κ2) is 9.26. The molecule has 0 fully saturated rings. The number of anilines is 1. The molecule has 25 heavy (non-hydrogen) atoms. The summed E-state index contributed by atoms with van der Waals surface area (Å²) in [5.74, 6) is -0.475. The molecule has 2 rings (SSSR count). The standard InChI is InChI=1S/C19H17BrClN3O/c1-13-5-6-17(10-18(13)21)24-19(25)15(11-22)12-23-8-7-14-3-2-4-16(20)9-14/h2-6,9-10,12,23H,7-8H2,1H3,(H,24,25)/b15-12-. The maximum atomic E-state index is 12.2. The van der Waals surface area contributed by atoms with Gasteiger partial charge in [-0.25, -0.2) is 0 Å². The minimum atomic E-state index is -0.475. The van der Waals surface area contributed by atoms with E-state index >= 15 is 0 Å². The number of benzene rings is 2. The zero-order valence-corrected chi connectivity index (χ0v) is 16.0. The van der Waals surface area contributed by atoms with Gasteiger partial charge in [-0.2, -0.15) is 5.26 Å². The number of carbonyl (C=O) groups excluding carboxylic acids is 1. The highest BCUT2D eigenvalue weighted by molar-refractivity contribution is 9.10. The molecule has 4 nitrogen and oxygen atoms in total. The van der Waals surface area contributed by atoms with Gasteiger partial charge in [0, 0.05) is 27.9 Å². The molecule has 0 saturated carbocycles. The number of amides is 1. The van der Waals surface area contributed by atoms with Gasteiger partial charge in [-0.1, -0.05) is 45.7 Å². The number of hydrogen-bond donors (Lipinski definition) is 2. The van der Waals surface area contributed by atoms with Crippen molar-refractivity contribution < 1.29 is 4.79 Å². The third-order valence-electron chi connectivity index (χ3n) is 3.49. The Hall–Kier alpha value is -2.29. The van der Waals surface area contributed by atoms with Crippen molar-refractivity contribution in [2.75, 3.05) is 11.9 Å². The molecule has 0 saturated heterocycles. The van der Waals surface area contributed by atoms with Crippen molar-refractivity contribution >= 4 is 39.1 Å². The molecule has 128 valence electrons. The zero-order valence-electron chi connectivity index (χ0n) is 13.6. The molecule has 0 atom stereocenters. The molecule has 0 spiro atoms. The summed E-state index contributed by atoms with van der Waals surface area (Å²) in [6.07, 6.45) is 2.22. The molecule has 0 aromatic heterocycles. The van der Waals surface area contributed by atoms with Crippen LogP contribution in [0.1, 0.15) is 11.1 Å². The van der Waals surface area contributed by atoms with Gasteiger partial charge in [0.05, 0.1) is 0 Å². The van der Waals surface area contributed by atoms with Crippen LogP contribution < -0.4 is 10.6 Å². The van der Waals surface area contributed by atoms with E-state index in [0.717, 1.165) is 22.0 Å². The molecule has 0 aliphatic rings. The van der Waals surface area contributed by atoms with Crippen LogP contribution >= 0.6 is 27.5 Å². The third kappa shape index (κ3) is 5.93. The van der Waals surface area contributed by atoms with Crippen LogP contribution in [-0.4, -0.2) is 12.5 Å². The second-order valence-electron chi connectivity index (χ2n) is 5.42. The number of hydrogen-bond acceptors (Lipinski definition) is 3. The third-order valence-corrected chi connectivity index (χ3v) is 4.39. The summed E-state index contributed by atoms with van der Waals surface area (Å²) < 4.78 is 1.02. The fourth-order valence-electron chi connectivity index (χ4n) is 2.10. The fraction of sp³-hybridized carbons (Fsp3) is 0.158. The van der Waals surface area contributed by atoms with Gasteiger partial charge in [0.25, 0.3) is 5.91 Å². The van der Waals surface area contributed by atoms with Crippen molar-refractivity contribution in [1.29, 1.82) is 5.26 Å². The Morgan fingerprint density at radius 2 is 2.12 bits per heavy atom. The van der Waals surface area contributed by atoms with Gasteiger partial charge in [-0.3, -0.25) is 4.79 Å². The Bertz CT molecular complexity index is 843. The van der Waals surface area contributed by atoms with E-state index in [0.29, 0.717) is 17.3 Å². The lowest BCUT2D eigenvalue weighted by molar-refractivity contribution is -0.112. The van der Waals surface area contributed by atoms with Crippen LogP contribution in [0.4, 0.5) is 5.69 Å². The summed E-state index contributed by atoms with van der Waals surface area (Å²) in [5.41, 5.74) is 2.64. The van der Waals surface area contributed by atoms with Crippen molar-refractivity contribution in [2.24, 2.45) is 0 Å². The Labute approximate surface area is 160 Å². The molecule has 2 N–H and O–H groups in total. The number of rotatable bonds is 6. The molecule has 6 heteroatoms. The van der Waals surface area contributed by atoms with E-state index in [1.807, 2.05) is 43.3 Å². The normalized spacial score (nSPS) is 10.9. The average Bonchev–Trinajstić information content (AvgIpc) is 2.58. The van der Waals surface area contributed by atoms with Crippen LogP contribution in [0.15, 0.2) is 58.7 Å². The van der Waals surface area contributed by atoms with E-state index < -0.39 is 5.91 Å². The number of nitriles is 1. The summed E-state index contributed by atoms with van der Waals surface area (Å²) in [5, 5.41) is 15.4. The molecular formula is C19H17BrClN3O. The van der Waals surface area contributed by atoms with Gasteiger partial charge in [-0.05, 0) is 48.7 Å². The molecule has 2 aromatic rings. The lowest BCUT2D eigenvalue weighted by Crippen LogP contribution is -2.18. The van der Waals surface area contributed by atoms with Gasteiger partial charge in [-0.15, -0.1) is 0 Å². The summed E-state index contributed by atoms with van der Waals surface area (Å²) in [4.78, 5) is 12.2. The van der Waals surface area contributed by atoms with Crippen molar-refractivity contribution in [3.63, 3.8) is 0 Å². The predicted molar refractivity (Wildman–Crippen MR) is 104 cm³/mol. The highest BCUT2D eigenvalue weighted by Crippen LogP contribution is 2.20. The Kier molecular flexibility index (Phi) is 7.05. The van der Waals surface area contributed by atoms with Crippen molar-refractivity contribution in [3.05, 3.63) is 74.9 Å². The maximum absolute atomic E-state index is 12.2. The van der Waals surface area contributed by atoms with E-state index in [-0.39, 0.29) is 5.57 Å². The molecule has 0 unspecified atom stereocenters. The summed E-state index contributed by atoms with van der Waals surface area (Å²) >= 11 is 9.46. The number of carbonyl (C=O) groups is 1. The number of aryl methyl sites for hydroxylation is 1. The minimum absolute atomic E-state index is 0.00550. The molecule has 0 heterocycles. The van der Waals surface area contributed by atoms with Gasteiger partial charge < -0.3 is 10.6 Å². The van der Waals surface area contributed by atoms with E-state index in [1.165, 1.54) is 6.20 Å². The Balaban J connectivity index is 1.91. The highest BCUT2D eigenvalue weighted by Gasteiger charge is 2.09. The summed E-state index contributed by atoms with van der Waals surface area (Å²) in [7, 11) is 0. The first-order valence-corrected chi connectivity index (χ1v) is 8.82. The van der Waals surface area contributed by atoms with Crippen LogP contribution in [0, 0.1) is 18.3 Å². The monoisotopic (exact) mass is 417 g/mol. The number of halogens is 2. The van der Waals surface area contributed by atoms with Gasteiger partial charge in [0.2, 0.25) is 0 Å². The van der Waals surface area contributed by atoms with Crippen LogP contribution in [-0.2, 0) is 11.2 Å². The summed E-state index contributed by atoms with van der Waals surface area (Å²) in [6.45, 7) is 2.50. The lowest BCUT2D eigenvalue weighted by Gasteiger charge is -2.07. The lowest BCUT2D eigenvalue weighted by atomic mass is 10.1. The summed E-state index contributed by atoms with van der Waals surface area (Å²) in [6, 6.07) is 15.1. The van der Waals surface area contributed by atoms with Crippen LogP contribution in [0.3, 0.4) is 0 Å².